The maximum atomic E-state index is 12.8. The number of H-pyrrole nitrogens is 1. The van der Waals surface area contributed by atoms with Crippen LogP contribution in [0.3, 0.4) is 0 Å². The van der Waals surface area contributed by atoms with Crippen molar-refractivity contribution in [3.63, 3.8) is 0 Å². The van der Waals surface area contributed by atoms with Crippen molar-refractivity contribution in [2.24, 2.45) is 0 Å². The highest BCUT2D eigenvalue weighted by atomic mass is 32.1. The Balaban J connectivity index is 1.99. The van der Waals surface area contributed by atoms with E-state index in [4.69, 9.17) is 4.74 Å². The first-order valence-electron chi connectivity index (χ1n) is 8.05. The minimum absolute atomic E-state index is 0.00279. The normalized spacial score (nSPS) is 12.0. The fourth-order valence-electron chi connectivity index (χ4n) is 2.97. The first-order valence-corrected chi connectivity index (χ1v) is 8.83. The van der Waals surface area contributed by atoms with E-state index in [-0.39, 0.29) is 21.3 Å². The van der Waals surface area contributed by atoms with Crippen LogP contribution in [0.4, 0.5) is 13.2 Å². The molecule has 0 saturated heterocycles. The van der Waals surface area contributed by atoms with Gasteiger partial charge in [-0.2, -0.15) is 13.2 Å². The number of aromatic nitrogens is 3. The smallest absolute Gasteiger partial charge is 0.407 e. The zero-order chi connectivity index (χ0) is 20.1. The van der Waals surface area contributed by atoms with Crippen LogP contribution in [0.5, 0.6) is 5.75 Å². The lowest BCUT2D eigenvalue weighted by molar-refractivity contribution is -0.139. The average Bonchev–Trinajstić information content (AvgIpc) is 2.95. The molecule has 0 bridgehead atoms. The van der Waals surface area contributed by atoms with Gasteiger partial charge in [0.05, 0.1) is 22.7 Å². The number of benzene rings is 2. The van der Waals surface area contributed by atoms with Crippen molar-refractivity contribution in [3.05, 3.63) is 57.1 Å². The Bertz CT molecular complexity index is 1320. The molecule has 6 nitrogen and oxygen atoms in total. The van der Waals surface area contributed by atoms with Crippen LogP contribution in [0.15, 0.2) is 46.0 Å². The molecule has 2 aromatic heterocycles. The Kier molecular flexibility index (Phi) is 4.22. The summed E-state index contributed by atoms with van der Waals surface area (Å²) in [4.78, 5) is 32.0. The number of aromatic amines is 1. The van der Waals surface area contributed by atoms with Crippen LogP contribution >= 0.6 is 11.5 Å². The van der Waals surface area contributed by atoms with Crippen molar-refractivity contribution >= 4 is 32.7 Å². The van der Waals surface area contributed by atoms with Crippen molar-refractivity contribution in [2.45, 2.75) is 12.7 Å². The quantitative estimate of drug-likeness (QED) is 0.564. The lowest BCUT2D eigenvalue weighted by atomic mass is 10.1. The highest BCUT2D eigenvalue weighted by Gasteiger charge is 2.30. The first-order chi connectivity index (χ1) is 13.3. The number of para-hydroxylation sites is 1. The topological polar surface area (TPSA) is 77.0 Å². The molecule has 4 aromatic rings. The molecule has 0 amide bonds. The number of ether oxygens (including phenoxy) is 1. The third-order valence-corrected chi connectivity index (χ3v) is 5.29. The lowest BCUT2D eigenvalue weighted by Crippen LogP contribution is -2.23. The molecule has 0 atom stereocenters. The minimum Gasteiger partial charge on any atom is -0.494 e. The van der Waals surface area contributed by atoms with Gasteiger partial charge in [-0.15, -0.1) is 0 Å². The molecule has 1 N–H and O–H groups in total. The third kappa shape index (κ3) is 3.05. The molecule has 0 aliphatic heterocycles. The maximum absolute atomic E-state index is 12.8. The van der Waals surface area contributed by atoms with E-state index in [1.54, 1.807) is 24.3 Å². The molecule has 144 valence electrons. The van der Waals surface area contributed by atoms with Gasteiger partial charge in [0.2, 0.25) is 0 Å². The van der Waals surface area contributed by atoms with Crippen LogP contribution in [0.2, 0.25) is 0 Å². The molecule has 10 heteroatoms. The van der Waals surface area contributed by atoms with Gasteiger partial charge < -0.3 is 9.72 Å². The monoisotopic (exact) mass is 407 g/mol. The predicted octanol–water partition coefficient (Wildman–Crippen LogP) is 3.54. The largest absolute Gasteiger partial charge is 0.494 e. The van der Waals surface area contributed by atoms with Crippen molar-refractivity contribution in [3.8, 4) is 17.0 Å². The van der Waals surface area contributed by atoms with Gasteiger partial charge in [0, 0.05) is 5.56 Å². The van der Waals surface area contributed by atoms with Gasteiger partial charge >= 0.3 is 6.18 Å². The summed E-state index contributed by atoms with van der Waals surface area (Å²) in [6.07, 6.45) is -4.53. The van der Waals surface area contributed by atoms with Gasteiger partial charge in [-0.3, -0.25) is 13.5 Å². The van der Waals surface area contributed by atoms with Gasteiger partial charge in [0.15, 0.2) is 0 Å². The Morgan fingerprint density at radius 1 is 1.18 bits per heavy atom. The van der Waals surface area contributed by atoms with E-state index in [0.717, 1.165) is 0 Å². The SMILES string of the molecule is COc1cccc2[nH]c(=O)c(-c3cccc4c(=O)n(CC(F)(F)F)sc34)nc12. The Morgan fingerprint density at radius 2 is 1.93 bits per heavy atom. The number of halogens is 3. The molecule has 2 heterocycles. The van der Waals surface area contributed by atoms with E-state index >= 15 is 0 Å². The summed E-state index contributed by atoms with van der Waals surface area (Å²) in [7, 11) is 1.46. The second kappa shape index (κ2) is 6.48. The Hall–Kier alpha value is -3.14. The summed E-state index contributed by atoms with van der Waals surface area (Å²) >= 11 is 0.656. The molecule has 28 heavy (non-hydrogen) atoms. The summed E-state index contributed by atoms with van der Waals surface area (Å²) in [5.41, 5.74) is -0.121. The zero-order valence-electron chi connectivity index (χ0n) is 14.3. The second-order valence-electron chi connectivity index (χ2n) is 6.00. The van der Waals surface area contributed by atoms with Crippen LogP contribution in [-0.2, 0) is 6.54 Å². The highest BCUT2D eigenvalue weighted by molar-refractivity contribution is 7.14. The van der Waals surface area contributed by atoms with Crippen LogP contribution in [-0.4, -0.2) is 27.2 Å². The zero-order valence-corrected chi connectivity index (χ0v) is 15.1. The highest BCUT2D eigenvalue weighted by Crippen LogP contribution is 2.31. The molecule has 4 rings (SSSR count). The Labute approximate surface area is 159 Å². The molecular formula is C18H12F3N3O3S. The summed E-state index contributed by atoms with van der Waals surface area (Å²) in [5, 5.41) is 0.105. The lowest BCUT2D eigenvalue weighted by Gasteiger charge is -2.07. The van der Waals surface area contributed by atoms with Crippen LogP contribution in [0.1, 0.15) is 0 Å². The van der Waals surface area contributed by atoms with Crippen LogP contribution < -0.4 is 15.9 Å². The summed E-state index contributed by atoms with van der Waals surface area (Å²) < 4.78 is 44.4. The van der Waals surface area contributed by atoms with Gasteiger partial charge in [-0.05, 0) is 18.2 Å². The van der Waals surface area contributed by atoms with Gasteiger partial charge in [0.1, 0.15) is 23.5 Å². The van der Waals surface area contributed by atoms with Gasteiger partial charge in [0.25, 0.3) is 11.1 Å². The summed E-state index contributed by atoms with van der Waals surface area (Å²) in [6.45, 7) is -1.39. The van der Waals surface area contributed by atoms with Crippen molar-refractivity contribution in [2.75, 3.05) is 7.11 Å². The summed E-state index contributed by atoms with van der Waals surface area (Å²) in [6, 6.07) is 9.53. The van der Waals surface area contributed by atoms with Gasteiger partial charge in [-0.1, -0.05) is 29.7 Å². The molecule has 0 aliphatic rings. The van der Waals surface area contributed by atoms with E-state index in [1.807, 2.05) is 0 Å². The first kappa shape index (κ1) is 18.2. The molecule has 0 fully saturated rings. The number of rotatable bonds is 3. The second-order valence-corrected chi connectivity index (χ2v) is 7.03. The number of fused-ring (bicyclic) bond motifs is 2. The van der Waals surface area contributed by atoms with E-state index in [2.05, 4.69) is 9.97 Å². The molecular weight excluding hydrogens is 395 g/mol. The third-order valence-electron chi connectivity index (χ3n) is 4.16. The summed E-state index contributed by atoms with van der Waals surface area (Å²) in [5.74, 6) is 0.435. The fourth-order valence-corrected chi connectivity index (χ4v) is 4.10. The van der Waals surface area contributed by atoms with Crippen molar-refractivity contribution < 1.29 is 17.9 Å². The van der Waals surface area contributed by atoms with E-state index in [9.17, 15) is 22.8 Å². The average molecular weight is 407 g/mol. The molecule has 0 radical (unpaired) electrons. The molecule has 0 saturated carbocycles. The number of hydrogen-bond donors (Lipinski definition) is 1. The van der Waals surface area contributed by atoms with Gasteiger partial charge in [-0.25, -0.2) is 4.98 Å². The number of methoxy groups -OCH3 is 1. The Morgan fingerprint density at radius 3 is 2.64 bits per heavy atom. The number of nitrogens with zero attached hydrogens (tertiary/aromatic N) is 2. The number of hydrogen-bond acceptors (Lipinski definition) is 5. The number of nitrogens with one attached hydrogen (secondary N) is 1. The van der Waals surface area contributed by atoms with E-state index in [0.29, 0.717) is 32.3 Å². The van der Waals surface area contributed by atoms with Crippen LogP contribution in [0, 0.1) is 0 Å². The molecule has 2 aromatic carbocycles. The van der Waals surface area contributed by atoms with Crippen molar-refractivity contribution in [1.82, 2.24) is 13.9 Å². The van der Waals surface area contributed by atoms with Crippen LogP contribution in [0.25, 0.3) is 32.4 Å². The maximum Gasteiger partial charge on any atom is 0.407 e. The fraction of sp³-hybridized carbons (Fsp3) is 0.167. The van der Waals surface area contributed by atoms with Crippen molar-refractivity contribution in [1.29, 1.82) is 0 Å². The molecule has 0 unspecified atom stereocenters. The molecule has 0 aliphatic carbocycles. The molecule has 0 spiro atoms. The number of alkyl halides is 3. The standard InChI is InChI=1S/C18H12F3N3O3S/c1-27-12-7-3-6-11-14(12)23-13(16(25)22-11)9-4-2-5-10-15(9)28-24(17(10)26)8-18(19,20)21/h2-7H,8H2,1H3,(H,22,25). The van der Waals surface area contributed by atoms with E-state index < -0.39 is 23.8 Å². The van der Waals surface area contributed by atoms with E-state index in [1.165, 1.54) is 19.2 Å². The minimum atomic E-state index is -4.53. The predicted molar refractivity (Wildman–Crippen MR) is 100 cm³/mol.